The minimum absolute atomic E-state index is 0.00743. The SMILES string of the molecule is Cc1cc(O)cc(C)c1C[C@H](N)C(=O)N1Cc2ccccc2CC1C(=O)NCCNC(=O)[C@H](Cc1ccccc1)NC(=O)[C@H](Cc1ccccc1)NC(=O)[C@@H]1CCCN1C(=O)[C@@H](N)Cc1ccc(O)cc1. The lowest BCUT2D eigenvalue weighted by Crippen LogP contribution is -2.58. The maximum Gasteiger partial charge on any atom is 0.243 e. The molecule has 0 bridgehead atoms. The maximum atomic E-state index is 14.4. The molecule has 0 aromatic heterocycles. The van der Waals surface area contributed by atoms with Crippen LogP contribution in [0, 0.1) is 13.8 Å². The Labute approximate surface area is 414 Å². The van der Waals surface area contributed by atoms with Crippen molar-refractivity contribution in [1.29, 1.82) is 0 Å². The van der Waals surface area contributed by atoms with Gasteiger partial charge in [0.15, 0.2) is 0 Å². The van der Waals surface area contributed by atoms with E-state index in [9.17, 15) is 39.0 Å². The minimum atomic E-state index is -1.13. The number of hydrogen-bond acceptors (Lipinski definition) is 10. The van der Waals surface area contributed by atoms with E-state index in [0.29, 0.717) is 19.4 Å². The lowest BCUT2D eigenvalue weighted by molar-refractivity contribution is -0.142. The summed E-state index contributed by atoms with van der Waals surface area (Å²) in [7, 11) is 0. The Morgan fingerprint density at radius 1 is 0.577 bits per heavy atom. The van der Waals surface area contributed by atoms with Crippen LogP contribution in [-0.4, -0.2) is 111 Å². The minimum Gasteiger partial charge on any atom is -0.508 e. The van der Waals surface area contributed by atoms with E-state index in [4.69, 9.17) is 11.5 Å². The van der Waals surface area contributed by atoms with Crippen molar-refractivity contribution in [3.8, 4) is 11.5 Å². The van der Waals surface area contributed by atoms with Crippen molar-refractivity contribution in [3.63, 3.8) is 0 Å². The highest BCUT2D eigenvalue weighted by Crippen LogP contribution is 2.27. The molecule has 7 rings (SSSR count). The Morgan fingerprint density at radius 3 is 1.75 bits per heavy atom. The van der Waals surface area contributed by atoms with Crippen LogP contribution in [-0.2, 0) is 67.4 Å². The standard InChI is InChI=1S/C55H64N8O8/c1-34-26-42(65)27-35(2)43(34)32-45(57)55(71)63-33-40-17-10-9-16-39(40)31-49(63)52(68)59-24-23-58-50(66)46(29-36-12-5-3-6-13-36)60-51(67)47(30-37-14-7-4-8-15-37)61-53(69)48-18-11-25-62(48)54(70)44(56)28-38-19-21-41(64)22-20-38/h3-10,12-17,19-22,26-27,44-49,64-65H,11,18,23-25,28-33,56-57H2,1-2H3,(H,58,66)(H,59,68)(H,60,67)(H,61,69)/t44-,45-,46-,47-,48-,49?/m0/s1. The molecular formula is C55H64N8O8. The first-order valence-corrected chi connectivity index (χ1v) is 24.1. The molecule has 1 saturated heterocycles. The fourth-order valence-electron chi connectivity index (χ4n) is 9.56. The predicted octanol–water partition coefficient (Wildman–Crippen LogP) is 2.79. The lowest BCUT2D eigenvalue weighted by atomic mass is 9.91. The third-order valence-electron chi connectivity index (χ3n) is 13.4. The zero-order valence-electron chi connectivity index (χ0n) is 40.2. The number of likely N-dealkylation sites (tertiary alicyclic amines) is 1. The highest BCUT2D eigenvalue weighted by molar-refractivity contribution is 5.95. The summed E-state index contributed by atoms with van der Waals surface area (Å²) in [4.78, 5) is 87.2. The molecule has 1 fully saturated rings. The number of aromatic hydroxyl groups is 2. The van der Waals surface area contributed by atoms with E-state index in [1.165, 1.54) is 21.9 Å². The zero-order chi connectivity index (χ0) is 50.6. The van der Waals surface area contributed by atoms with Crippen LogP contribution in [0.2, 0.25) is 0 Å². The van der Waals surface area contributed by atoms with Gasteiger partial charge in [-0.25, -0.2) is 0 Å². The largest absolute Gasteiger partial charge is 0.508 e. The predicted molar refractivity (Wildman–Crippen MR) is 268 cm³/mol. The van der Waals surface area contributed by atoms with Crippen molar-refractivity contribution < 1.29 is 39.0 Å². The fourth-order valence-corrected chi connectivity index (χ4v) is 9.56. The number of nitrogens with one attached hydrogen (secondary N) is 4. The Kier molecular flexibility index (Phi) is 17.2. The van der Waals surface area contributed by atoms with E-state index in [1.54, 1.807) is 24.3 Å². The second-order valence-electron chi connectivity index (χ2n) is 18.6. The van der Waals surface area contributed by atoms with Crippen LogP contribution in [0.1, 0.15) is 57.3 Å². The molecule has 372 valence electrons. The molecule has 5 aromatic carbocycles. The van der Waals surface area contributed by atoms with E-state index in [1.807, 2.05) is 98.8 Å². The Balaban J connectivity index is 1.01. The zero-order valence-corrected chi connectivity index (χ0v) is 40.2. The third-order valence-corrected chi connectivity index (χ3v) is 13.4. The van der Waals surface area contributed by atoms with E-state index in [2.05, 4.69) is 21.3 Å². The summed E-state index contributed by atoms with van der Waals surface area (Å²) in [5, 5.41) is 31.3. The Bertz CT molecular complexity index is 2660. The van der Waals surface area contributed by atoms with Gasteiger partial charge >= 0.3 is 0 Å². The first-order chi connectivity index (χ1) is 34.1. The van der Waals surface area contributed by atoms with Crippen LogP contribution in [0.5, 0.6) is 11.5 Å². The molecule has 5 aromatic rings. The molecule has 0 spiro atoms. The number of phenols is 2. The number of carbonyl (C=O) groups is 6. The monoisotopic (exact) mass is 964 g/mol. The molecule has 16 nitrogen and oxygen atoms in total. The van der Waals surface area contributed by atoms with Gasteiger partial charge in [-0.05, 0) is 108 Å². The summed E-state index contributed by atoms with van der Waals surface area (Å²) in [5.74, 6) is -2.63. The average Bonchev–Trinajstić information content (AvgIpc) is 3.86. The van der Waals surface area contributed by atoms with Crippen molar-refractivity contribution in [3.05, 3.63) is 166 Å². The second-order valence-corrected chi connectivity index (χ2v) is 18.6. The van der Waals surface area contributed by atoms with Gasteiger partial charge in [-0.1, -0.05) is 97.1 Å². The average molecular weight is 965 g/mol. The summed E-state index contributed by atoms with van der Waals surface area (Å²) in [6.07, 6.45) is 1.82. The van der Waals surface area contributed by atoms with Crippen LogP contribution >= 0.6 is 0 Å². The topological polar surface area (TPSA) is 250 Å². The highest BCUT2D eigenvalue weighted by Gasteiger charge is 2.39. The number of fused-ring (bicyclic) bond motifs is 1. The summed E-state index contributed by atoms with van der Waals surface area (Å²) in [6, 6.07) is 29.7. The molecular weight excluding hydrogens is 901 g/mol. The van der Waals surface area contributed by atoms with Gasteiger partial charge in [-0.3, -0.25) is 28.8 Å². The van der Waals surface area contributed by atoms with E-state index < -0.39 is 65.8 Å². The lowest BCUT2D eigenvalue weighted by Gasteiger charge is -2.37. The summed E-state index contributed by atoms with van der Waals surface area (Å²) in [6.45, 7) is 4.21. The summed E-state index contributed by atoms with van der Waals surface area (Å²) in [5.41, 5.74) is 19.5. The molecule has 0 aliphatic carbocycles. The van der Waals surface area contributed by atoms with Gasteiger partial charge in [-0.2, -0.15) is 0 Å². The summed E-state index contributed by atoms with van der Waals surface area (Å²) < 4.78 is 0. The number of benzene rings is 5. The number of rotatable bonds is 19. The van der Waals surface area contributed by atoms with Crippen molar-refractivity contribution >= 4 is 35.4 Å². The maximum absolute atomic E-state index is 14.4. The quantitative estimate of drug-likeness (QED) is 0.0563. The van der Waals surface area contributed by atoms with Gasteiger partial charge in [0, 0.05) is 45.4 Å². The van der Waals surface area contributed by atoms with E-state index in [0.717, 1.165) is 44.5 Å². The number of amides is 6. The van der Waals surface area contributed by atoms with Gasteiger partial charge < -0.3 is 52.7 Å². The molecule has 6 amide bonds. The van der Waals surface area contributed by atoms with Gasteiger partial charge in [0.1, 0.15) is 35.7 Å². The van der Waals surface area contributed by atoms with Crippen LogP contribution in [0.4, 0.5) is 0 Å². The van der Waals surface area contributed by atoms with Crippen LogP contribution in [0.25, 0.3) is 0 Å². The van der Waals surface area contributed by atoms with Gasteiger partial charge in [0.25, 0.3) is 0 Å². The number of nitrogens with zero attached hydrogens (tertiary/aromatic N) is 2. The number of hydrogen-bond donors (Lipinski definition) is 8. The molecule has 2 heterocycles. The van der Waals surface area contributed by atoms with Crippen molar-refractivity contribution in [2.75, 3.05) is 19.6 Å². The number of carbonyl (C=O) groups excluding carboxylic acids is 6. The van der Waals surface area contributed by atoms with Gasteiger partial charge in [0.2, 0.25) is 35.4 Å². The molecule has 6 atom stereocenters. The molecule has 1 unspecified atom stereocenters. The highest BCUT2D eigenvalue weighted by atomic mass is 16.3. The number of aryl methyl sites for hydroxylation is 2. The van der Waals surface area contributed by atoms with E-state index >= 15 is 0 Å². The van der Waals surface area contributed by atoms with Crippen LogP contribution in [0.15, 0.2) is 121 Å². The van der Waals surface area contributed by atoms with Crippen LogP contribution < -0.4 is 32.7 Å². The second kappa shape index (κ2) is 23.8. The van der Waals surface area contributed by atoms with Gasteiger partial charge in [-0.15, -0.1) is 0 Å². The first kappa shape index (κ1) is 51.3. The third kappa shape index (κ3) is 13.4. The molecule has 10 N–H and O–H groups in total. The first-order valence-electron chi connectivity index (χ1n) is 24.1. The van der Waals surface area contributed by atoms with Crippen LogP contribution in [0.3, 0.4) is 0 Å². The van der Waals surface area contributed by atoms with Gasteiger partial charge in [0.05, 0.1) is 12.1 Å². The molecule has 71 heavy (non-hydrogen) atoms. The molecule has 0 radical (unpaired) electrons. The van der Waals surface area contributed by atoms with E-state index in [-0.39, 0.29) is 69.1 Å². The fraction of sp³-hybridized carbons (Fsp3) is 0.345. The van der Waals surface area contributed by atoms with Crippen molar-refractivity contribution in [2.45, 2.75) is 102 Å². The Hall–Kier alpha value is -7.56. The molecule has 16 heteroatoms. The smallest absolute Gasteiger partial charge is 0.243 e. The van der Waals surface area contributed by atoms with Crippen molar-refractivity contribution in [1.82, 2.24) is 31.1 Å². The molecule has 0 saturated carbocycles. The molecule has 2 aliphatic heterocycles. The van der Waals surface area contributed by atoms with Crippen molar-refractivity contribution in [2.24, 2.45) is 11.5 Å². The Morgan fingerprint density at radius 2 is 1.11 bits per heavy atom. The normalized spacial score (nSPS) is 17.0. The molecule has 2 aliphatic rings. The number of nitrogens with two attached hydrogens (primary N) is 2. The number of phenolic OH excluding ortho intramolecular Hbond substituents is 2. The summed E-state index contributed by atoms with van der Waals surface area (Å²) >= 11 is 0.